The molecule has 2 fully saturated rings. The molecule has 0 bridgehead atoms. The number of nitrogens with zero attached hydrogens (tertiary/aromatic N) is 5. The van der Waals surface area contributed by atoms with E-state index in [4.69, 9.17) is 0 Å². The summed E-state index contributed by atoms with van der Waals surface area (Å²) in [6.45, 7) is 4.55. The van der Waals surface area contributed by atoms with Gasteiger partial charge in [0.15, 0.2) is 0 Å². The van der Waals surface area contributed by atoms with Gasteiger partial charge in [-0.05, 0) is 61.7 Å². The number of nitrogens with one attached hydrogen (secondary N) is 1. The molecule has 3 heterocycles. The van der Waals surface area contributed by atoms with Gasteiger partial charge in [-0.2, -0.15) is 4.68 Å². The minimum Gasteiger partial charge on any atom is -0.350 e. The van der Waals surface area contributed by atoms with E-state index in [0.717, 1.165) is 24.1 Å². The Morgan fingerprint density at radius 1 is 1.14 bits per heavy atom. The quantitative estimate of drug-likeness (QED) is 0.939. The zero-order valence-corrected chi connectivity index (χ0v) is 12.9. The first-order chi connectivity index (χ1) is 10.8. The van der Waals surface area contributed by atoms with Gasteiger partial charge >= 0.3 is 0 Å². The summed E-state index contributed by atoms with van der Waals surface area (Å²) in [5.74, 6) is 0.750. The predicted molar refractivity (Wildman–Crippen MR) is 85.1 cm³/mol. The summed E-state index contributed by atoms with van der Waals surface area (Å²) in [7, 11) is 0. The van der Waals surface area contributed by atoms with E-state index in [1.807, 2.05) is 0 Å². The summed E-state index contributed by atoms with van der Waals surface area (Å²) in [6.07, 6.45) is 5.04. The second-order valence-corrected chi connectivity index (χ2v) is 6.45. The molecular formula is C16H22N6. The number of aromatic nitrogens is 4. The van der Waals surface area contributed by atoms with Crippen molar-refractivity contribution in [2.45, 2.75) is 44.7 Å². The molecule has 2 aromatic rings. The van der Waals surface area contributed by atoms with Crippen molar-refractivity contribution >= 4 is 5.95 Å². The molecule has 6 nitrogen and oxygen atoms in total. The largest absolute Gasteiger partial charge is 0.350 e. The fraction of sp³-hybridized carbons (Fsp3) is 0.562. The van der Waals surface area contributed by atoms with E-state index in [1.54, 1.807) is 4.68 Å². The molecule has 0 radical (unpaired) electrons. The molecule has 2 aliphatic rings. The molecule has 0 aliphatic carbocycles. The van der Waals surface area contributed by atoms with Crippen LogP contribution in [0.25, 0.3) is 5.69 Å². The summed E-state index contributed by atoms with van der Waals surface area (Å²) in [6, 6.07) is 9.48. The molecule has 116 valence electrons. The Morgan fingerprint density at radius 3 is 2.86 bits per heavy atom. The fourth-order valence-corrected chi connectivity index (χ4v) is 3.68. The molecular weight excluding hydrogens is 276 g/mol. The second kappa shape index (κ2) is 5.68. The molecule has 6 heteroatoms. The van der Waals surface area contributed by atoms with E-state index in [9.17, 15) is 0 Å². The number of anilines is 1. The SMILES string of the molecule is Cc1ccc(-n2nnnc2N[C@@H]2CCN3CCC[C@@H]3C2)cc1. The maximum absolute atomic E-state index is 4.17. The molecule has 1 aromatic heterocycles. The van der Waals surface area contributed by atoms with Gasteiger partial charge in [0.05, 0.1) is 5.69 Å². The van der Waals surface area contributed by atoms with Gasteiger partial charge in [0.1, 0.15) is 0 Å². The summed E-state index contributed by atoms with van der Waals surface area (Å²) in [5.41, 5.74) is 2.23. The third-order valence-corrected chi connectivity index (χ3v) is 4.90. The van der Waals surface area contributed by atoms with Crippen LogP contribution in [0.2, 0.25) is 0 Å². The first-order valence-electron chi connectivity index (χ1n) is 8.15. The Bertz CT molecular complexity index is 634. The van der Waals surface area contributed by atoms with Gasteiger partial charge in [0.25, 0.3) is 0 Å². The Hall–Kier alpha value is -1.95. The average Bonchev–Trinajstić information content (AvgIpc) is 3.17. The molecule has 22 heavy (non-hydrogen) atoms. The van der Waals surface area contributed by atoms with Gasteiger partial charge in [-0.15, -0.1) is 0 Å². The predicted octanol–water partition coefficient (Wildman–Crippen LogP) is 2.01. The molecule has 1 N–H and O–H groups in total. The number of benzene rings is 1. The monoisotopic (exact) mass is 298 g/mol. The van der Waals surface area contributed by atoms with Crippen LogP contribution in [0.3, 0.4) is 0 Å². The van der Waals surface area contributed by atoms with Crippen LogP contribution in [-0.2, 0) is 0 Å². The van der Waals surface area contributed by atoms with E-state index >= 15 is 0 Å². The van der Waals surface area contributed by atoms with Crippen LogP contribution < -0.4 is 5.32 Å². The molecule has 0 amide bonds. The topological polar surface area (TPSA) is 58.9 Å². The molecule has 0 spiro atoms. The number of fused-ring (bicyclic) bond motifs is 1. The second-order valence-electron chi connectivity index (χ2n) is 6.45. The van der Waals surface area contributed by atoms with Crippen molar-refractivity contribution < 1.29 is 0 Å². The zero-order valence-electron chi connectivity index (χ0n) is 12.9. The number of tetrazole rings is 1. The van der Waals surface area contributed by atoms with Gasteiger partial charge in [-0.25, -0.2) is 0 Å². The minimum absolute atomic E-state index is 0.467. The van der Waals surface area contributed by atoms with E-state index in [2.05, 4.69) is 56.9 Å². The third-order valence-electron chi connectivity index (χ3n) is 4.90. The normalized spacial score (nSPS) is 25.1. The number of hydrogen-bond acceptors (Lipinski definition) is 5. The Morgan fingerprint density at radius 2 is 2.00 bits per heavy atom. The smallest absolute Gasteiger partial charge is 0.247 e. The average molecular weight is 298 g/mol. The molecule has 2 saturated heterocycles. The van der Waals surface area contributed by atoms with E-state index in [-0.39, 0.29) is 0 Å². The summed E-state index contributed by atoms with van der Waals surface area (Å²) >= 11 is 0. The summed E-state index contributed by atoms with van der Waals surface area (Å²) < 4.78 is 1.79. The van der Waals surface area contributed by atoms with E-state index in [1.165, 1.54) is 37.9 Å². The Labute approximate surface area is 130 Å². The highest BCUT2D eigenvalue weighted by atomic mass is 15.6. The summed E-state index contributed by atoms with van der Waals surface area (Å²) in [4.78, 5) is 2.63. The zero-order chi connectivity index (χ0) is 14.9. The van der Waals surface area contributed by atoms with Crippen LogP contribution in [0, 0.1) is 6.92 Å². The lowest BCUT2D eigenvalue weighted by Gasteiger charge is -2.35. The van der Waals surface area contributed by atoms with Crippen LogP contribution in [0.15, 0.2) is 24.3 Å². The lowest BCUT2D eigenvalue weighted by atomic mass is 9.98. The highest BCUT2D eigenvalue weighted by Crippen LogP contribution is 2.28. The van der Waals surface area contributed by atoms with Crippen LogP contribution >= 0.6 is 0 Å². The lowest BCUT2D eigenvalue weighted by Crippen LogP contribution is -2.43. The molecule has 4 rings (SSSR count). The molecule has 2 aliphatic heterocycles. The van der Waals surface area contributed by atoms with Gasteiger partial charge in [0.2, 0.25) is 5.95 Å². The highest BCUT2D eigenvalue weighted by molar-refractivity contribution is 5.40. The standard InChI is InChI=1S/C16H22N6/c1-12-4-6-14(7-5-12)22-16(18-19-20-22)17-13-8-10-21-9-2-3-15(21)11-13/h4-7,13,15H,2-3,8-11H2,1H3,(H,17,18,20)/t13-,15-/m1/s1. The van der Waals surface area contributed by atoms with Crippen molar-refractivity contribution in [2.75, 3.05) is 18.4 Å². The van der Waals surface area contributed by atoms with Gasteiger partial charge in [-0.3, -0.25) is 0 Å². The Balaban J connectivity index is 1.49. The maximum Gasteiger partial charge on any atom is 0.247 e. The van der Waals surface area contributed by atoms with Crippen molar-refractivity contribution in [1.29, 1.82) is 0 Å². The van der Waals surface area contributed by atoms with E-state index < -0.39 is 0 Å². The first-order valence-corrected chi connectivity index (χ1v) is 8.15. The number of piperidine rings is 1. The van der Waals surface area contributed by atoms with Crippen LogP contribution in [0.5, 0.6) is 0 Å². The van der Waals surface area contributed by atoms with Crippen molar-refractivity contribution in [2.24, 2.45) is 0 Å². The van der Waals surface area contributed by atoms with Crippen LogP contribution in [0.4, 0.5) is 5.95 Å². The van der Waals surface area contributed by atoms with Gasteiger partial charge in [-0.1, -0.05) is 22.8 Å². The lowest BCUT2D eigenvalue weighted by molar-refractivity contribution is 0.187. The van der Waals surface area contributed by atoms with Gasteiger partial charge < -0.3 is 10.2 Å². The summed E-state index contributed by atoms with van der Waals surface area (Å²) in [5, 5.41) is 15.7. The maximum atomic E-state index is 4.17. The van der Waals surface area contributed by atoms with E-state index in [0.29, 0.717) is 6.04 Å². The van der Waals surface area contributed by atoms with Crippen LogP contribution in [-0.4, -0.2) is 50.3 Å². The molecule has 1 aromatic carbocycles. The first kappa shape index (κ1) is 13.7. The van der Waals surface area contributed by atoms with Crippen LogP contribution in [0.1, 0.15) is 31.2 Å². The molecule has 0 saturated carbocycles. The molecule has 0 unspecified atom stereocenters. The number of aryl methyl sites for hydroxylation is 1. The van der Waals surface area contributed by atoms with Crippen molar-refractivity contribution in [3.05, 3.63) is 29.8 Å². The van der Waals surface area contributed by atoms with Crippen molar-refractivity contribution in [3.8, 4) is 5.69 Å². The minimum atomic E-state index is 0.467. The number of rotatable bonds is 3. The van der Waals surface area contributed by atoms with Gasteiger partial charge in [0, 0.05) is 18.6 Å². The molecule has 2 atom stereocenters. The third kappa shape index (κ3) is 2.59. The highest BCUT2D eigenvalue weighted by Gasteiger charge is 2.32. The van der Waals surface area contributed by atoms with Crippen molar-refractivity contribution in [1.82, 2.24) is 25.1 Å². The number of hydrogen-bond donors (Lipinski definition) is 1. The van der Waals surface area contributed by atoms with Crippen molar-refractivity contribution in [3.63, 3.8) is 0 Å². The Kier molecular flexibility index (Phi) is 3.54. The fourth-order valence-electron chi connectivity index (χ4n) is 3.68.